The Morgan fingerprint density at radius 1 is 1.24 bits per heavy atom. The normalized spacial score (nSPS) is 10.8. The number of thiazole rings is 1. The van der Waals surface area contributed by atoms with E-state index in [2.05, 4.69) is 20.9 Å². The van der Waals surface area contributed by atoms with Gasteiger partial charge in [0, 0.05) is 10.0 Å². The lowest BCUT2D eigenvalue weighted by molar-refractivity contribution is 0.0702. The summed E-state index contributed by atoms with van der Waals surface area (Å²) < 4.78 is 1.41. The predicted octanol–water partition coefficient (Wildman–Crippen LogP) is 5.65. The van der Waals surface area contributed by atoms with Crippen LogP contribution < -0.4 is 0 Å². The van der Waals surface area contributed by atoms with Crippen molar-refractivity contribution in [2.75, 3.05) is 0 Å². The van der Waals surface area contributed by atoms with Gasteiger partial charge in [0.25, 0.3) is 0 Å². The molecule has 0 amide bonds. The van der Waals surface area contributed by atoms with E-state index in [0.29, 0.717) is 15.0 Å². The lowest BCUT2D eigenvalue weighted by Gasteiger charge is -1.97. The maximum absolute atomic E-state index is 11.5. The fraction of sp³-hybridized carbons (Fsp3) is 0. The molecule has 3 aromatic rings. The molecule has 0 unspecified atom stereocenters. The zero-order valence-electron chi connectivity index (χ0n) is 10.3. The van der Waals surface area contributed by atoms with Crippen LogP contribution in [-0.4, -0.2) is 16.1 Å². The Morgan fingerprint density at radius 2 is 1.95 bits per heavy atom. The first-order chi connectivity index (χ1) is 10.1. The van der Waals surface area contributed by atoms with E-state index >= 15 is 0 Å². The molecule has 0 spiro atoms. The van der Waals surface area contributed by atoms with Crippen LogP contribution in [0, 0.1) is 0 Å². The second-order valence-corrected chi connectivity index (χ2v) is 7.61. The molecule has 7 heteroatoms. The molecular formula is C14H7BrClNO2S2. The number of thiophene rings is 1. The zero-order valence-corrected chi connectivity index (χ0v) is 14.3. The molecule has 3 rings (SSSR count). The van der Waals surface area contributed by atoms with Gasteiger partial charge in [-0.05, 0) is 22.0 Å². The average molecular weight is 401 g/mol. The Bertz CT molecular complexity index is 794. The maximum atomic E-state index is 11.5. The molecule has 0 radical (unpaired) electrons. The van der Waals surface area contributed by atoms with Crippen molar-refractivity contribution in [1.82, 2.24) is 4.98 Å². The molecular weight excluding hydrogens is 394 g/mol. The van der Waals surface area contributed by atoms with Crippen molar-refractivity contribution >= 4 is 56.2 Å². The van der Waals surface area contributed by atoms with Crippen LogP contribution in [0.25, 0.3) is 21.1 Å². The van der Waals surface area contributed by atoms with Gasteiger partial charge in [0.15, 0.2) is 0 Å². The lowest BCUT2D eigenvalue weighted by Crippen LogP contribution is -1.95. The highest BCUT2D eigenvalue weighted by Crippen LogP contribution is 2.41. The fourth-order valence-corrected chi connectivity index (χ4v) is 4.49. The first-order valence-corrected chi connectivity index (χ1v) is 8.61. The van der Waals surface area contributed by atoms with Gasteiger partial charge in [-0.2, -0.15) is 0 Å². The van der Waals surface area contributed by atoms with E-state index in [9.17, 15) is 9.90 Å². The Labute approximate surface area is 142 Å². The van der Waals surface area contributed by atoms with Crippen LogP contribution in [0.3, 0.4) is 0 Å². The number of rotatable bonds is 3. The molecule has 0 aliphatic rings. The number of hydrogen-bond donors (Lipinski definition) is 1. The van der Waals surface area contributed by atoms with E-state index in [1.807, 2.05) is 36.4 Å². The van der Waals surface area contributed by atoms with E-state index in [1.54, 1.807) is 0 Å². The summed E-state index contributed by atoms with van der Waals surface area (Å²) in [6, 6.07) is 11.2. The number of benzene rings is 1. The first-order valence-electron chi connectivity index (χ1n) is 5.81. The van der Waals surface area contributed by atoms with Crippen LogP contribution in [0.1, 0.15) is 9.67 Å². The predicted molar refractivity (Wildman–Crippen MR) is 90.5 cm³/mol. The van der Waals surface area contributed by atoms with Crippen LogP contribution in [0.15, 0.2) is 40.9 Å². The molecule has 0 aliphatic carbocycles. The van der Waals surface area contributed by atoms with Crippen LogP contribution in [-0.2, 0) is 0 Å². The molecule has 0 saturated carbocycles. The van der Waals surface area contributed by atoms with Crippen LogP contribution >= 0.6 is 50.2 Å². The van der Waals surface area contributed by atoms with Gasteiger partial charge in [0.2, 0.25) is 0 Å². The molecule has 1 aromatic carbocycles. The minimum atomic E-state index is -0.973. The van der Waals surface area contributed by atoms with Crippen molar-refractivity contribution in [3.05, 3.63) is 50.1 Å². The Kier molecular flexibility index (Phi) is 4.12. The topological polar surface area (TPSA) is 50.2 Å². The van der Waals surface area contributed by atoms with Gasteiger partial charge < -0.3 is 5.11 Å². The summed E-state index contributed by atoms with van der Waals surface area (Å²) in [5, 5.41) is 10.0. The van der Waals surface area contributed by atoms with Crippen LogP contribution in [0.2, 0.25) is 4.34 Å². The smallest absolute Gasteiger partial charge is 0.348 e. The van der Waals surface area contributed by atoms with Gasteiger partial charge in [-0.3, -0.25) is 0 Å². The number of hydrogen-bond acceptors (Lipinski definition) is 4. The Balaban J connectivity index is 2.15. The molecule has 0 bridgehead atoms. The zero-order chi connectivity index (χ0) is 15.0. The summed E-state index contributed by atoms with van der Waals surface area (Å²) in [6.07, 6.45) is 0. The van der Waals surface area contributed by atoms with Gasteiger partial charge in [-0.25, -0.2) is 9.78 Å². The van der Waals surface area contributed by atoms with E-state index in [4.69, 9.17) is 11.6 Å². The Hall–Kier alpha value is -1.21. The van der Waals surface area contributed by atoms with Gasteiger partial charge in [-0.15, -0.1) is 22.7 Å². The Morgan fingerprint density at radius 3 is 2.52 bits per heavy atom. The molecule has 106 valence electrons. The highest BCUT2D eigenvalue weighted by Gasteiger charge is 2.20. The third kappa shape index (κ3) is 2.89. The van der Waals surface area contributed by atoms with Crippen molar-refractivity contribution in [3.8, 4) is 21.1 Å². The quantitative estimate of drug-likeness (QED) is 0.618. The van der Waals surface area contributed by atoms with Crippen LogP contribution in [0.4, 0.5) is 0 Å². The molecule has 0 atom stereocenters. The van der Waals surface area contributed by atoms with E-state index in [-0.39, 0.29) is 4.88 Å². The van der Waals surface area contributed by atoms with Crippen molar-refractivity contribution in [1.29, 1.82) is 0 Å². The van der Waals surface area contributed by atoms with Crippen molar-refractivity contribution in [2.24, 2.45) is 0 Å². The summed E-state index contributed by atoms with van der Waals surface area (Å²) >= 11 is 11.9. The standard InChI is InChI=1S/C14H7BrClNO2S2/c15-8-6-9(20-12(8)16)13-17-10(11(21-13)14(18)19)7-4-2-1-3-5-7/h1-6H,(H,18,19). The molecule has 3 nitrogen and oxygen atoms in total. The van der Waals surface area contributed by atoms with E-state index in [0.717, 1.165) is 26.3 Å². The first kappa shape index (κ1) is 14.7. The molecule has 1 N–H and O–H groups in total. The average Bonchev–Trinajstić information content (AvgIpc) is 3.05. The van der Waals surface area contributed by atoms with E-state index < -0.39 is 5.97 Å². The maximum Gasteiger partial charge on any atom is 0.348 e. The highest BCUT2D eigenvalue weighted by molar-refractivity contribution is 9.10. The second kappa shape index (κ2) is 5.88. The highest BCUT2D eigenvalue weighted by atomic mass is 79.9. The second-order valence-electron chi connectivity index (χ2n) is 4.10. The molecule has 2 heterocycles. The number of aromatic nitrogens is 1. The van der Waals surface area contributed by atoms with Crippen molar-refractivity contribution < 1.29 is 9.90 Å². The van der Waals surface area contributed by atoms with Crippen LogP contribution in [0.5, 0.6) is 0 Å². The number of carboxylic acids is 1. The third-order valence-electron chi connectivity index (χ3n) is 2.72. The number of carboxylic acid groups (broad SMARTS) is 1. The van der Waals surface area contributed by atoms with E-state index in [1.165, 1.54) is 11.3 Å². The minimum absolute atomic E-state index is 0.233. The fourth-order valence-electron chi connectivity index (χ4n) is 1.81. The summed E-state index contributed by atoms with van der Waals surface area (Å²) in [6.45, 7) is 0. The lowest BCUT2D eigenvalue weighted by atomic mass is 10.1. The van der Waals surface area contributed by atoms with Gasteiger partial charge >= 0.3 is 5.97 Å². The number of halogens is 2. The van der Waals surface area contributed by atoms with Gasteiger partial charge in [0.05, 0.1) is 10.6 Å². The minimum Gasteiger partial charge on any atom is -0.477 e. The summed E-state index contributed by atoms with van der Waals surface area (Å²) in [5.74, 6) is -0.973. The molecule has 21 heavy (non-hydrogen) atoms. The molecule has 2 aromatic heterocycles. The number of aromatic carboxylic acids is 1. The number of nitrogens with zero attached hydrogens (tertiary/aromatic N) is 1. The molecule has 0 fully saturated rings. The summed E-state index contributed by atoms with van der Waals surface area (Å²) in [4.78, 5) is 17.0. The SMILES string of the molecule is O=C(O)c1sc(-c2cc(Br)c(Cl)s2)nc1-c1ccccc1. The van der Waals surface area contributed by atoms with Crippen molar-refractivity contribution in [2.45, 2.75) is 0 Å². The monoisotopic (exact) mass is 399 g/mol. The number of carbonyl (C=O) groups is 1. The largest absolute Gasteiger partial charge is 0.477 e. The molecule has 0 saturated heterocycles. The third-order valence-corrected chi connectivity index (χ3v) is 6.41. The molecule has 0 aliphatic heterocycles. The summed E-state index contributed by atoms with van der Waals surface area (Å²) in [5.41, 5.74) is 1.28. The van der Waals surface area contributed by atoms with Gasteiger partial charge in [0.1, 0.15) is 14.2 Å². The summed E-state index contributed by atoms with van der Waals surface area (Å²) in [7, 11) is 0. The van der Waals surface area contributed by atoms with Crippen molar-refractivity contribution in [3.63, 3.8) is 0 Å². The van der Waals surface area contributed by atoms with Gasteiger partial charge in [-0.1, -0.05) is 41.9 Å².